The first kappa shape index (κ1) is 43.9. The van der Waals surface area contributed by atoms with E-state index in [4.69, 9.17) is 0 Å². The van der Waals surface area contributed by atoms with Crippen LogP contribution in [0.25, 0.3) is 0 Å². The third-order valence-corrected chi connectivity index (χ3v) is 9.19. The molecule has 0 spiro atoms. The van der Waals surface area contributed by atoms with Gasteiger partial charge in [-0.25, -0.2) is 0 Å². The van der Waals surface area contributed by atoms with Gasteiger partial charge in [-0.1, -0.05) is 199 Å². The molecule has 2 atom stereocenters. The second kappa shape index (κ2) is 37.3. The fraction of sp³-hybridized carbons (Fsp3) is 0.878. The standard InChI is InChI=1S/C41H79NO3/c1-3-5-7-9-11-13-15-17-18-19-20-21-22-23-24-25-27-29-31-33-35-37-41(45)42-39(38-43)40(44)36-34-32-30-28-26-16-14-12-10-8-6-4-2/h26,28,34,36,39-40,43-44H,3-25,27,29-33,35,37-38H2,1-2H3,(H,42,45)/b28-26+,36-34+. The van der Waals surface area contributed by atoms with Crippen LogP contribution in [0, 0.1) is 0 Å². The van der Waals surface area contributed by atoms with Crippen LogP contribution in [0.4, 0.5) is 0 Å². The first-order valence-corrected chi connectivity index (χ1v) is 20.1. The summed E-state index contributed by atoms with van der Waals surface area (Å²) in [6, 6.07) is -0.632. The van der Waals surface area contributed by atoms with Crippen LogP contribution in [-0.4, -0.2) is 34.9 Å². The van der Waals surface area contributed by atoms with Crippen molar-refractivity contribution in [3.63, 3.8) is 0 Å². The molecule has 0 aliphatic rings. The molecule has 2 unspecified atom stereocenters. The zero-order valence-electron chi connectivity index (χ0n) is 30.4. The number of carbonyl (C=O) groups excluding carboxylic acids is 1. The van der Waals surface area contributed by atoms with Gasteiger partial charge < -0.3 is 15.5 Å². The zero-order chi connectivity index (χ0) is 32.9. The Hall–Kier alpha value is -1.13. The third-order valence-electron chi connectivity index (χ3n) is 9.19. The van der Waals surface area contributed by atoms with Crippen molar-refractivity contribution < 1.29 is 15.0 Å². The van der Waals surface area contributed by atoms with Gasteiger partial charge in [-0.05, 0) is 32.1 Å². The smallest absolute Gasteiger partial charge is 0.220 e. The Kier molecular flexibility index (Phi) is 36.4. The van der Waals surface area contributed by atoms with Crippen molar-refractivity contribution in [2.75, 3.05) is 6.61 Å². The van der Waals surface area contributed by atoms with Crippen molar-refractivity contribution in [3.05, 3.63) is 24.3 Å². The highest BCUT2D eigenvalue weighted by molar-refractivity contribution is 5.76. The number of hydrogen-bond donors (Lipinski definition) is 3. The third kappa shape index (κ3) is 34.0. The lowest BCUT2D eigenvalue weighted by Gasteiger charge is -2.19. The summed E-state index contributed by atoms with van der Waals surface area (Å²) in [7, 11) is 0. The van der Waals surface area contributed by atoms with Gasteiger partial charge in [0.15, 0.2) is 0 Å². The van der Waals surface area contributed by atoms with E-state index in [1.54, 1.807) is 6.08 Å². The maximum absolute atomic E-state index is 12.3. The average Bonchev–Trinajstić information content (AvgIpc) is 3.04. The Morgan fingerprint density at radius 1 is 0.511 bits per heavy atom. The second-order valence-corrected chi connectivity index (χ2v) is 13.7. The minimum Gasteiger partial charge on any atom is -0.394 e. The molecule has 1 amide bonds. The Morgan fingerprint density at radius 3 is 1.29 bits per heavy atom. The van der Waals surface area contributed by atoms with Crippen molar-refractivity contribution in [1.29, 1.82) is 0 Å². The molecule has 0 rings (SSSR count). The molecule has 45 heavy (non-hydrogen) atoms. The molecule has 266 valence electrons. The van der Waals surface area contributed by atoms with Crippen molar-refractivity contribution in [3.8, 4) is 0 Å². The van der Waals surface area contributed by atoms with Gasteiger partial charge in [0, 0.05) is 6.42 Å². The van der Waals surface area contributed by atoms with Crippen LogP contribution in [0.2, 0.25) is 0 Å². The molecule has 0 aromatic carbocycles. The Balaban J connectivity index is 3.55. The van der Waals surface area contributed by atoms with Gasteiger partial charge in [0.1, 0.15) is 0 Å². The van der Waals surface area contributed by atoms with Gasteiger partial charge in [-0.2, -0.15) is 0 Å². The fourth-order valence-corrected chi connectivity index (χ4v) is 6.08. The van der Waals surface area contributed by atoms with E-state index in [0.29, 0.717) is 6.42 Å². The number of allylic oxidation sites excluding steroid dienone is 3. The molecule has 0 saturated carbocycles. The van der Waals surface area contributed by atoms with Crippen LogP contribution in [0.15, 0.2) is 24.3 Å². The molecule has 0 fully saturated rings. The molecule has 0 radical (unpaired) electrons. The van der Waals surface area contributed by atoms with E-state index in [1.807, 2.05) is 6.08 Å². The minimum absolute atomic E-state index is 0.0723. The summed E-state index contributed by atoms with van der Waals surface area (Å²) >= 11 is 0. The summed E-state index contributed by atoms with van der Waals surface area (Å²) in [6.45, 7) is 4.28. The number of nitrogens with one attached hydrogen (secondary N) is 1. The number of amides is 1. The molecule has 3 N–H and O–H groups in total. The number of carbonyl (C=O) groups is 1. The van der Waals surface area contributed by atoms with E-state index in [1.165, 1.54) is 161 Å². The molecule has 0 saturated heterocycles. The predicted molar refractivity (Wildman–Crippen MR) is 198 cm³/mol. The minimum atomic E-state index is -0.856. The van der Waals surface area contributed by atoms with Gasteiger partial charge in [-0.3, -0.25) is 4.79 Å². The van der Waals surface area contributed by atoms with E-state index < -0.39 is 12.1 Å². The SMILES string of the molecule is CCCCCCCC/C=C/CC/C=C/C(O)C(CO)NC(=O)CCCCCCCCCCCCCCCCCCCCCCC. The molecule has 0 aliphatic carbocycles. The molecule has 0 aromatic heterocycles. The monoisotopic (exact) mass is 634 g/mol. The number of unbranched alkanes of at least 4 members (excludes halogenated alkanes) is 27. The van der Waals surface area contributed by atoms with Crippen LogP contribution in [0.3, 0.4) is 0 Å². The Bertz CT molecular complexity index is 647. The number of aliphatic hydroxyl groups is 2. The molecular formula is C41H79NO3. The number of rotatable bonds is 36. The van der Waals surface area contributed by atoms with Crippen molar-refractivity contribution >= 4 is 5.91 Å². The molecule has 0 heterocycles. The van der Waals surface area contributed by atoms with Crippen LogP contribution in [-0.2, 0) is 4.79 Å². The highest BCUT2D eigenvalue weighted by atomic mass is 16.3. The van der Waals surface area contributed by atoms with Gasteiger partial charge in [0.05, 0.1) is 18.8 Å². The van der Waals surface area contributed by atoms with Crippen LogP contribution < -0.4 is 5.32 Å². The van der Waals surface area contributed by atoms with Crippen LogP contribution in [0.5, 0.6) is 0 Å². The van der Waals surface area contributed by atoms with Crippen LogP contribution >= 0.6 is 0 Å². The van der Waals surface area contributed by atoms with E-state index >= 15 is 0 Å². The quantitative estimate of drug-likeness (QED) is 0.0475. The molecule has 0 aliphatic heterocycles. The maximum atomic E-state index is 12.3. The summed E-state index contributed by atoms with van der Waals surface area (Å²) in [6.07, 6.45) is 47.1. The largest absolute Gasteiger partial charge is 0.394 e. The number of hydrogen-bond acceptors (Lipinski definition) is 3. The summed E-state index contributed by atoms with van der Waals surface area (Å²) in [4.78, 5) is 12.3. The van der Waals surface area contributed by atoms with E-state index in [2.05, 4.69) is 31.3 Å². The lowest BCUT2D eigenvalue weighted by molar-refractivity contribution is -0.123. The predicted octanol–water partition coefficient (Wildman–Crippen LogP) is 12.1. The highest BCUT2D eigenvalue weighted by Gasteiger charge is 2.17. The highest BCUT2D eigenvalue weighted by Crippen LogP contribution is 2.15. The van der Waals surface area contributed by atoms with E-state index in [9.17, 15) is 15.0 Å². The fourth-order valence-electron chi connectivity index (χ4n) is 6.08. The van der Waals surface area contributed by atoms with Crippen molar-refractivity contribution in [2.45, 2.75) is 225 Å². The van der Waals surface area contributed by atoms with Gasteiger partial charge in [0.2, 0.25) is 5.91 Å². The first-order chi connectivity index (χ1) is 22.2. The van der Waals surface area contributed by atoms with Crippen molar-refractivity contribution in [1.82, 2.24) is 5.32 Å². The zero-order valence-corrected chi connectivity index (χ0v) is 30.4. The lowest BCUT2D eigenvalue weighted by Crippen LogP contribution is -2.45. The molecule has 0 bridgehead atoms. The Labute approximate surface area is 281 Å². The number of aliphatic hydroxyl groups excluding tert-OH is 2. The first-order valence-electron chi connectivity index (χ1n) is 20.1. The summed E-state index contributed by atoms with van der Waals surface area (Å²) in [5.74, 6) is -0.0723. The molecule has 0 aromatic rings. The normalized spacial score (nSPS) is 13.2. The summed E-state index contributed by atoms with van der Waals surface area (Å²) < 4.78 is 0. The van der Waals surface area contributed by atoms with E-state index in [0.717, 1.165) is 32.1 Å². The van der Waals surface area contributed by atoms with E-state index in [-0.39, 0.29) is 12.5 Å². The summed E-state index contributed by atoms with van der Waals surface area (Å²) in [5.41, 5.74) is 0. The van der Waals surface area contributed by atoms with Gasteiger partial charge in [-0.15, -0.1) is 0 Å². The molecule has 4 heteroatoms. The Morgan fingerprint density at radius 2 is 0.867 bits per heavy atom. The van der Waals surface area contributed by atoms with Crippen molar-refractivity contribution in [2.24, 2.45) is 0 Å². The summed E-state index contributed by atoms with van der Waals surface area (Å²) in [5, 5.41) is 22.9. The average molecular weight is 634 g/mol. The lowest BCUT2D eigenvalue weighted by atomic mass is 10.0. The maximum Gasteiger partial charge on any atom is 0.220 e. The molecular weight excluding hydrogens is 554 g/mol. The van der Waals surface area contributed by atoms with Gasteiger partial charge >= 0.3 is 0 Å². The van der Waals surface area contributed by atoms with Crippen LogP contribution in [0.1, 0.15) is 213 Å². The topological polar surface area (TPSA) is 69.6 Å². The molecule has 4 nitrogen and oxygen atoms in total. The second-order valence-electron chi connectivity index (χ2n) is 13.7. The van der Waals surface area contributed by atoms with Gasteiger partial charge in [0.25, 0.3) is 0 Å².